The van der Waals surface area contributed by atoms with E-state index in [0.29, 0.717) is 24.4 Å². The van der Waals surface area contributed by atoms with Crippen molar-refractivity contribution in [1.82, 2.24) is 9.88 Å². The van der Waals surface area contributed by atoms with Crippen LogP contribution in [-0.2, 0) is 0 Å². The SMILES string of the molecule is CCN(CC)c1nc(N)c(C(=O)N2CCC(C)(O)C2)s1. The fourth-order valence-electron chi connectivity index (χ4n) is 2.36. The number of nitrogens with zero attached hydrogens (tertiary/aromatic N) is 3. The molecular formula is C13H22N4O2S. The van der Waals surface area contributed by atoms with Crippen molar-refractivity contribution in [1.29, 1.82) is 0 Å². The van der Waals surface area contributed by atoms with Gasteiger partial charge in [0, 0.05) is 26.2 Å². The van der Waals surface area contributed by atoms with E-state index < -0.39 is 5.60 Å². The predicted octanol–water partition coefficient (Wildman–Crippen LogP) is 1.17. The lowest BCUT2D eigenvalue weighted by Crippen LogP contribution is -2.33. The molecule has 1 aliphatic rings. The molecule has 1 aromatic rings. The Morgan fingerprint density at radius 2 is 2.20 bits per heavy atom. The van der Waals surface area contributed by atoms with Crippen LogP contribution in [0, 0.1) is 0 Å². The fourth-order valence-corrected chi connectivity index (χ4v) is 3.45. The maximum atomic E-state index is 12.5. The maximum Gasteiger partial charge on any atom is 0.267 e. The molecule has 0 bridgehead atoms. The van der Waals surface area contributed by atoms with Gasteiger partial charge < -0.3 is 20.6 Å². The summed E-state index contributed by atoms with van der Waals surface area (Å²) in [4.78, 5) is 20.9. The van der Waals surface area contributed by atoms with Gasteiger partial charge in [-0.25, -0.2) is 4.98 Å². The van der Waals surface area contributed by atoms with Gasteiger partial charge in [0.2, 0.25) is 0 Å². The minimum Gasteiger partial charge on any atom is -0.388 e. The summed E-state index contributed by atoms with van der Waals surface area (Å²) in [6.45, 7) is 8.40. The lowest BCUT2D eigenvalue weighted by molar-refractivity contribution is 0.0575. The Morgan fingerprint density at radius 3 is 2.70 bits per heavy atom. The molecule has 7 heteroatoms. The molecule has 0 spiro atoms. The molecule has 0 aromatic carbocycles. The number of likely N-dealkylation sites (tertiary alicyclic amines) is 1. The molecule has 1 amide bonds. The second-order valence-electron chi connectivity index (χ2n) is 5.36. The number of carbonyl (C=O) groups is 1. The van der Waals surface area contributed by atoms with Crippen LogP contribution in [0.4, 0.5) is 10.9 Å². The van der Waals surface area contributed by atoms with Gasteiger partial charge in [0.15, 0.2) is 5.13 Å². The third-order valence-corrected chi connectivity index (χ3v) is 4.73. The van der Waals surface area contributed by atoms with E-state index in [1.54, 1.807) is 11.8 Å². The average Bonchev–Trinajstić information content (AvgIpc) is 2.93. The first kappa shape index (κ1) is 15.1. The zero-order chi connectivity index (χ0) is 14.9. The van der Waals surface area contributed by atoms with Crippen LogP contribution in [0.25, 0.3) is 0 Å². The van der Waals surface area contributed by atoms with E-state index in [0.717, 1.165) is 18.2 Å². The molecule has 1 atom stereocenters. The van der Waals surface area contributed by atoms with E-state index in [4.69, 9.17) is 5.73 Å². The van der Waals surface area contributed by atoms with E-state index >= 15 is 0 Å². The number of anilines is 2. The van der Waals surface area contributed by atoms with E-state index in [1.165, 1.54) is 11.3 Å². The Labute approximate surface area is 123 Å². The highest BCUT2D eigenvalue weighted by Crippen LogP contribution is 2.31. The Hall–Kier alpha value is -1.34. The standard InChI is InChI=1S/C13H22N4O2S/c1-4-16(5-2)12-15-10(14)9(20-12)11(18)17-7-6-13(3,19)8-17/h19H,4-8,14H2,1-3H3. The number of nitrogen functional groups attached to an aromatic ring is 1. The van der Waals surface area contributed by atoms with Crippen molar-refractivity contribution in [3.63, 3.8) is 0 Å². The molecule has 112 valence electrons. The number of aromatic nitrogens is 1. The Bertz CT molecular complexity index is 497. The number of rotatable bonds is 4. The normalized spacial score (nSPS) is 22.3. The molecule has 20 heavy (non-hydrogen) atoms. The van der Waals surface area contributed by atoms with Crippen LogP contribution in [0.1, 0.15) is 36.9 Å². The van der Waals surface area contributed by atoms with Gasteiger partial charge in [-0.2, -0.15) is 0 Å². The summed E-state index contributed by atoms with van der Waals surface area (Å²) in [6.07, 6.45) is 0.598. The highest BCUT2D eigenvalue weighted by atomic mass is 32.1. The second kappa shape index (κ2) is 5.57. The molecule has 0 aliphatic carbocycles. The van der Waals surface area contributed by atoms with Gasteiger partial charge >= 0.3 is 0 Å². The van der Waals surface area contributed by atoms with E-state index in [1.807, 2.05) is 13.8 Å². The Morgan fingerprint density at radius 1 is 1.55 bits per heavy atom. The molecule has 2 rings (SSSR count). The van der Waals surface area contributed by atoms with Gasteiger partial charge in [-0.05, 0) is 27.2 Å². The van der Waals surface area contributed by atoms with Gasteiger partial charge in [-0.1, -0.05) is 11.3 Å². The van der Waals surface area contributed by atoms with Gasteiger partial charge in [-0.15, -0.1) is 0 Å². The van der Waals surface area contributed by atoms with Crippen molar-refractivity contribution < 1.29 is 9.90 Å². The quantitative estimate of drug-likeness (QED) is 0.872. The molecule has 6 nitrogen and oxygen atoms in total. The maximum absolute atomic E-state index is 12.5. The van der Waals surface area contributed by atoms with E-state index in [2.05, 4.69) is 9.88 Å². The number of amides is 1. The van der Waals surface area contributed by atoms with Gasteiger partial charge in [0.05, 0.1) is 5.60 Å². The van der Waals surface area contributed by atoms with Gasteiger partial charge in [0.25, 0.3) is 5.91 Å². The van der Waals surface area contributed by atoms with Crippen LogP contribution in [0.3, 0.4) is 0 Å². The number of aliphatic hydroxyl groups is 1. The highest BCUT2D eigenvalue weighted by Gasteiger charge is 2.35. The number of hydrogen-bond donors (Lipinski definition) is 2. The monoisotopic (exact) mass is 298 g/mol. The first-order valence-corrected chi connectivity index (χ1v) is 7.72. The summed E-state index contributed by atoms with van der Waals surface area (Å²) >= 11 is 1.33. The van der Waals surface area contributed by atoms with Crippen LogP contribution in [0.5, 0.6) is 0 Å². The van der Waals surface area contributed by atoms with Crippen LogP contribution >= 0.6 is 11.3 Å². The third-order valence-electron chi connectivity index (χ3n) is 3.61. The minimum atomic E-state index is -0.795. The summed E-state index contributed by atoms with van der Waals surface area (Å²) in [6, 6.07) is 0. The Kier molecular flexibility index (Phi) is 4.19. The summed E-state index contributed by atoms with van der Waals surface area (Å²) < 4.78 is 0. The van der Waals surface area contributed by atoms with Gasteiger partial charge in [-0.3, -0.25) is 4.79 Å². The molecule has 1 unspecified atom stereocenters. The van der Waals surface area contributed by atoms with E-state index in [-0.39, 0.29) is 11.7 Å². The summed E-state index contributed by atoms with van der Waals surface area (Å²) in [5.41, 5.74) is 5.09. The molecule has 0 saturated carbocycles. The van der Waals surface area contributed by atoms with Crippen LogP contribution < -0.4 is 10.6 Å². The molecule has 1 fully saturated rings. The van der Waals surface area contributed by atoms with Crippen LogP contribution in [0.15, 0.2) is 0 Å². The molecular weight excluding hydrogens is 276 g/mol. The summed E-state index contributed by atoms with van der Waals surface area (Å²) in [5, 5.41) is 10.7. The van der Waals surface area contributed by atoms with Crippen molar-refractivity contribution in [3.8, 4) is 0 Å². The van der Waals surface area contributed by atoms with Crippen molar-refractivity contribution in [2.24, 2.45) is 0 Å². The minimum absolute atomic E-state index is 0.129. The zero-order valence-electron chi connectivity index (χ0n) is 12.2. The average molecular weight is 298 g/mol. The number of nitrogens with two attached hydrogens (primary N) is 1. The van der Waals surface area contributed by atoms with Crippen LogP contribution in [0.2, 0.25) is 0 Å². The van der Waals surface area contributed by atoms with E-state index in [9.17, 15) is 9.90 Å². The molecule has 1 saturated heterocycles. The van der Waals surface area contributed by atoms with Gasteiger partial charge in [0.1, 0.15) is 10.7 Å². The molecule has 3 N–H and O–H groups in total. The Balaban J connectivity index is 2.19. The first-order valence-electron chi connectivity index (χ1n) is 6.91. The number of hydrogen-bond acceptors (Lipinski definition) is 6. The smallest absolute Gasteiger partial charge is 0.267 e. The lowest BCUT2D eigenvalue weighted by atomic mass is 10.1. The number of β-amino-alcohol motifs (C(OH)–C–C–N with tert-alkyl or cyclic N) is 1. The first-order chi connectivity index (χ1) is 9.38. The molecule has 2 heterocycles. The largest absolute Gasteiger partial charge is 0.388 e. The number of thiazole rings is 1. The third kappa shape index (κ3) is 2.88. The van der Waals surface area contributed by atoms with Crippen molar-refractivity contribution in [3.05, 3.63) is 4.88 Å². The fraction of sp³-hybridized carbons (Fsp3) is 0.692. The summed E-state index contributed by atoms with van der Waals surface area (Å²) in [5.74, 6) is 0.157. The van der Waals surface area contributed by atoms with Crippen LogP contribution in [-0.4, -0.2) is 52.7 Å². The zero-order valence-corrected chi connectivity index (χ0v) is 13.0. The molecule has 1 aliphatic heterocycles. The topological polar surface area (TPSA) is 82.7 Å². The van der Waals surface area contributed by atoms with Crippen molar-refractivity contribution >= 4 is 28.2 Å². The molecule has 1 aromatic heterocycles. The second-order valence-corrected chi connectivity index (χ2v) is 6.33. The summed E-state index contributed by atoms with van der Waals surface area (Å²) in [7, 11) is 0. The lowest BCUT2D eigenvalue weighted by Gasteiger charge is -2.18. The molecule has 0 radical (unpaired) electrons. The number of carbonyl (C=O) groups excluding carboxylic acids is 1. The predicted molar refractivity (Wildman–Crippen MR) is 81.2 cm³/mol. The highest BCUT2D eigenvalue weighted by molar-refractivity contribution is 7.18. The van der Waals surface area contributed by atoms with Crippen molar-refractivity contribution in [2.45, 2.75) is 32.8 Å². The van der Waals surface area contributed by atoms with Crippen molar-refractivity contribution in [2.75, 3.05) is 36.8 Å².